The van der Waals surface area contributed by atoms with Crippen LogP contribution in [0.1, 0.15) is 64.2 Å². The number of nitrogens with zero attached hydrogens (tertiary/aromatic N) is 1. The molecule has 0 unspecified atom stereocenters. The number of rotatable bonds is 5. The highest BCUT2D eigenvalue weighted by Crippen LogP contribution is 2.47. The number of hydrogen-bond donors (Lipinski definition) is 1. The molecule has 3 aliphatic carbocycles. The molecule has 2 nitrogen and oxygen atoms in total. The predicted octanol–water partition coefficient (Wildman–Crippen LogP) is 5.08. The highest BCUT2D eigenvalue weighted by Gasteiger charge is 2.45. The van der Waals surface area contributed by atoms with Crippen molar-refractivity contribution < 1.29 is 0 Å². The Morgan fingerprint density at radius 2 is 1.75 bits per heavy atom. The van der Waals surface area contributed by atoms with Gasteiger partial charge in [-0.05, 0) is 63.0 Å². The van der Waals surface area contributed by atoms with E-state index in [2.05, 4.69) is 40.5 Å². The van der Waals surface area contributed by atoms with Gasteiger partial charge in [0.2, 0.25) is 0 Å². The molecule has 4 rings (SSSR count). The zero-order chi connectivity index (χ0) is 16.4. The van der Waals surface area contributed by atoms with Crippen molar-refractivity contribution in [1.82, 2.24) is 5.32 Å². The van der Waals surface area contributed by atoms with Crippen LogP contribution in [0.3, 0.4) is 0 Å². The minimum atomic E-state index is 0.344. The molecule has 130 valence electrons. The smallest absolute Gasteiger partial charge is 0.0954 e. The topological polar surface area (TPSA) is 15.3 Å². The van der Waals surface area contributed by atoms with Crippen LogP contribution in [0, 0.1) is 5.92 Å². The van der Waals surface area contributed by atoms with E-state index >= 15 is 0 Å². The zero-order valence-electron chi connectivity index (χ0n) is 14.7. The van der Waals surface area contributed by atoms with E-state index in [4.69, 9.17) is 12.2 Å². The molecule has 0 radical (unpaired) electrons. The molecular weight excluding hydrogens is 312 g/mol. The zero-order valence-corrected chi connectivity index (χ0v) is 15.5. The molecule has 0 aliphatic heterocycles. The van der Waals surface area contributed by atoms with E-state index in [1.807, 2.05) is 0 Å². The van der Waals surface area contributed by atoms with Crippen LogP contribution in [-0.2, 0) is 0 Å². The fourth-order valence-corrected chi connectivity index (χ4v) is 5.66. The Bertz CT molecular complexity index is 556. The third kappa shape index (κ3) is 3.46. The third-order valence-corrected chi connectivity index (χ3v) is 6.79. The van der Waals surface area contributed by atoms with Crippen LogP contribution in [0.25, 0.3) is 0 Å². The molecule has 0 heterocycles. The van der Waals surface area contributed by atoms with E-state index in [9.17, 15) is 0 Å². The van der Waals surface area contributed by atoms with Crippen LogP contribution in [0.2, 0.25) is 0 Å². The number of nitrogens with one attached hydrogen (secondary N) is 1. The van der Waals surface area contributed by atoms with E-state index in [1.165, 1.54) is 69.9 Å². The van der Waals surface area contributed by atoms with E-state index in [0.29, 0.717) is 11.6 Å². The SMILES string of the molecule is S=C(CN(c1ccccc1)C1CCCCC1)NC12CCC(CC1)C2. The van der Waals surface area contributed by atoms with Crippen LogP contribution < -0.4 is 10.2 Å². The van der Waals surface area contributed by atoms with Crippen molar-refractivity contribution in [3.05, 3.63) is 30.3 Å². The summed E-state index contributed by atoms with van der Waals surface area (Å²) >= 11 is 5.84. The molecule has 3 aliphatic rings. The molecule has 0 saturated heterocycles. The number of fused-ring (bicyclic) bond motifs is 2. The number of benzene rings is 1. The summed E-state index contributed by atoms with van der Waals surface area (Å²) in [6.45, 7) is 0.885. The average Bonchev–Trinajstić information content (AvgIpc) is 3.21. The van der Waals surface area contributed by atoms with Crippen LogP contribution in [0.15, 0.2) is 30.3 Å². The van der Waals surface area contributed by atoms with Crippen molar-refractivity contribution in [3.8, 4) is 0 Å². The Balaban J connectivity index is 1.45. The van der Waals surface area contributed by atoms with Crippen LogP contribution >= 0.6 is 12.2 Å². The monoisotopic (exact) mass is 342 g/mol. The fourth-order valence-electron chi connectivity index (χ4n) is 5.30. The van der Waals surface area contributed by atoms with E-state index in [-0.39, 0.29) is 0 Å². The van der Waals surface area contributed by atoms with E-state index in [1.54, 1.807) is 0 Å². The summed E-state index contributed by atoms with van der Waals surface area (Å²) in [7, 11) is 0. The molecule has 0 atom stereocenters. The summed E-state index contributed by atoms with van der Waals surface area (Å²) in [5.74, 6) is 0.962. The molecule has 3 saturated carbocycles. The molecule has 1 aromatic rings. The lowest BCUT2D eigenvalue weighted by Crippen LogP contribution is -2.50. The number of para-hydroxylation sites is 1. The van der Waals surface area contributed by atoms with Gasteiger partial charge in [-0.1, -0.05) is 49.7 Å². The van der Waals surface area contributed by atoms with E-state index < -0.39 is 0 Å². The van der Waals surface area contributed by atoms with Gasteiger partial charge in [0.25, 0.3) is 0 Å². The molecule has 3 heteroatoms. The third-order valence-electron chi connectivity index (χ3n) is 6.56. The Morgan fingerprint density at radius 3 is 2.38 bits per heavy atom. The van der Waals surface area contributed by atoms with Gasteiger partial charge in [-0.15, -0.1) is 0 Å². The van der Waals surface area contributed by atoms with E-state index in [0.717, 1.165) is 17.5 Å². The lowest BCUT2D eigenvalue weighted by molar-refractivity contribution is 0.377. The quantitative estimate of drug-likeness (QED) is 0.752. The standard InChI is InChI=1S/C21H30N2S/c24-20(22-21-13-11-17(15-21)12-14-21)16-23(18-7-3-1-4-8-18)19-9-5-2-6-10-19/h1,3-4,7-8,17,19H,2,5-6,9-16H2,(H,22,24). The highest BCUT2D eigenvalue weighted by atomic mass is 32.1. The van der Waals surface area contributed by atoms with Gasteiger partial charge in [0, 0.05) is 17.3 Å². The van der Waals surface area contributed by atoms with Crippen molar-refractivity contribution in [3.63, 3.8) is 0 Å². The first kappa shape index (κ1) is 16.4. The maximum atomic E-state index is 5.84. The Morgan fingerprint density at radius 1 is 1.04 bits per heavy atom. The summed E-state index contributed by atoms with van der Waals surface area (Å²) < 4.78 is 0. The van der Waals surface area contributed by atoms with Crippen molar-refractivity contribution >= 4 is 22.9 Å². The van der Waals surface area contributed by atoms with Gasteiger partial charge in [0.05, 0.1) is 11.5 Å². The van der Waals surface area contributed by atoms with Crippen molar-refractivity contribution in [2.45, 2.75) is 75.8 Å². The van der Waals surface area contributed by atoms with Crippen molar-refractivity contribution in [2.75, 3.05) is 11.4 Å². The van der Waals surface area contributed by atoms with Gasteiger partial charge in [-0.2, -0.15) is 0 Å². The maximum Gasteiger partial charge on any atom is 0.0954 e. The number of anilines is 1. The number of hydrogen-bond acceptors (Lipinski definition) is 2. The molecule has 2 bridgehead atoms. The Kier molecular flexibility index (Phi) is 4.80. The summed E-state index contributed by atoms with van der Waals surface area (Å²) in [5.41, 5.74) is 1.68. The van der Waals surface area contributed by atoms with Crippen molar-refractivity contribution in [2.24, 2.45) is 5.92 Å². The fraction of sp³-hybridized carbons (Fsp3) is 0.667. The lowest BCUT2D eigenvalue weighted by Gasteiger charge is -2.38. The second-order valence-electron chi connectivity index (χ2n) is 8.23. The Labute approximate surface area is 152 Å². The molecule has 24 heavy (non-hydrogen) atoms. The van der Waals surface area contributed by atoms with Gasteiger partial charge < -0.3 is 10.2 Å². The second kappa shape index (κ2) is 7.03. The molecule has 3 fully saturated rings. The lowest BCUT2D eigenvalue weighted by atomic mass is 9.93. The van der Waals surface area contributed by atoms with Gasteiger partial charge in [0.1, 0.15) is 0 Å². The average molecular weight is 343 g/mol. The first-order valence-corrected chi connectivity index (χ1v) is 10.3. The number of thiocarbonyl (C=S) groups is 1. The molecule has 0 spiro atoms. The second-order valence-corrected chi connectivity index (χ2v) is 8.72. The van der Waals surface area contributed by atoms with Gasteiger partial charge in [-0.3, -0.25) is 0 Å². The summed E-state index contributed by atoms with van der Waals surface area (Å²) in [6.07, 6.45) is 13.5. The van der Waals surface area contributed by atoms with Crippen LogP contribution in [0.5, 0.6) is 0 Å². The molecule has 0 aromatic heterocycles. The maximum absolute atomic E-state index is 5.84. The molecular formula is C21H30N2S. The summed E-state index contributed by atoms with van der Waals surface area (Å²) in [6, 6.07) is 11.6. The minimum Gasteiger partial charge on any atom is -0.373 e. The van der Waals surface area contributed by atoms with Gasteiger partial charge in [-0.25, -0.2) is 0 Å². The molecule has 0 amide bonds. The van der Waals surface area contributed by atoms with Gasteiger partial charge >= 0.3 is 0 Å². The molecule has 1 aromatic carbocycles. The largest absolute Gasteiger partial charge is 0.373 e. The van der Waals surface area contributed by atoms with Crippen LogP contribution in [-0.4, -0.2) is 23.1 Å². The summed E-state index contributed by atoms with van der Waals surface area (Å²) in [5, 5.41) is 3.81. The predicted molar refractivity (Wildman–Crippen MR) is 106 cm³/mol. The summed E-state index contributed by atoms with van der Waals surface area (Å²) in [4.78, 5) is 3.64. The van der Waals surface area contributed by atoms with Crippen molar-refractivity contribution in [1.29, 1.82) is 0 Å². The first-order valence-electron chi connectivity index (χ1n) is 9.87. The first-order chi connectivity index (χ1) is 11.7. The van der Waals surface area contributed by atoms with Gasteiger partial charge in [0.15, 0.2) is 0 Å². The Hall–Kier alpha value is -1.09. The minimum absolute atomic E-state index is 0.344. The highest BCUT2D eigenvalue weighted by molar-refractivity contribution is 7.80. The van der Waals surface area contributed by atoms with Crippen LogP contribution in [0.4, 0.5) is 5.69 Å². The molecule has 1 N–H and O–H groups in total. The normalized spacial score (nSPS) is 29.6.